The van der Waals surface area contributed by atoms with Crippen LogP contribution in [0.3, 0.4) is 0 Å². The SMILES string of the molecule is CC(NC(=O)C(CC(=O)O)NC(=O)C(N)CC(N)=O)C(=O)NC(CCC(N)=O)C(=O)O. The highest BCUT2D eigenvalue weighted by molar-refractivity contribution is 5.96. The zero-order chi connectivity index (χ0) is 24.3. The van der Waals surface area contributed by atoms with Crippen molar-refractivity contribution in [2.45, 2.75) is 56.8 Å². The summed E-state index contributed by atoms with van der Waals surface area (Å²) in [5.41, 5.74) is 15.3. The van der Waals surface area contributed by atoms with Crippen molar-refractivity contribution < 1.29 is 43.8 Å². The summed E-state index contributed by atoms with van der Waals surface area (Å²) in [5, 5.41) is 24.3. The lowest BCUT2D eigenvalue weighted by atomic mass is 10.1. The van der Waals surface area contributed by atoms with E-state index in [0.29, 0.717) is 0 Å². The quantitative estimate of drug-likeness (QED) is 0.126. The molecule has 0 rings (SSSR count). The van der Waals surface area contributed by atoms with Crippen molar-refractivity contribution in [2.75, 3.05) is 0 Å². The second-order valence-corrected chi connectivity index (χ2v) is 6.57. The van der Waals surface area contributed by atoms with Crippen molar-refractivity contribution in [3.05, 3.63) is 0 Å². The van der Waals surface area contributed by atoms with E-state index < -0.39 is 78.5 Å². The van der Waals surface area contributed by atoms with Gasteiger partial charge in [0.2, 0.25) is 29.5 Å². The Morgan fingerprint density at radius 1 is 0.774 bits per heavy atom. The van der Waals surface area contributed by atoms with Crippen LogP contribution in [0.25, 0.3) is 0 Å². The maximum Gasteiger partial charge on any atom is 0.326 e. The lowest BCUT2D eigenvalue weighted by molar-refractivity contribution is -0.143. The Bertz CT molecular complexity index is 741. The summed E-state index contributed by atoms with van der Waals surface area (Å²) >= 11 is 0. The molecule has 174 valence electrons. The minimum Gasteiger partial charge on any atom is -0.481 e. The molecule has 0 aliphatic carbocycles. The highest BCUT2D eigenvalue weighted by Gasteiger charge is 2.30. The molecule has 0 heterocycles. The molecular weight excluding hydrogens is 420 g/mol. The van der Waals surface area contributed by atoms with Gasteiger partial charge in [0.15, 0.2) is 0 Å². The van der Waals surface area contributed by atoms with Crippen LogP contribution in [-0.4, -0.2) is 75.9 Å². The number of amides is 5. The van der Waals surface area contributed by atoms with Gasteiger partial charge < -0.3 is 43.4 Å². The van der Waals surface area contributed by atoms with Crippen molar-refractivity contribution in [2.24, 2.45) is 17.2 Å². The maximum absolute atomic E-state index is 12.3. The van der Waals surface area contributed by atoms with E-state index in [0.717, 1.165) is 0 Å². The highest BCUT2D eigenvalue weighted by atomic mass is 16.4. The molecule has 4 atom stereocenters. The largest absolute Gasteiger partial charge is 0.481 e. The molecule has 0 radical (unpaired) electrons. The average molecular weight is 446 g/mol. The number of carbonyl (C=O) groups is 7. The fourth-order valence-corrected chi connectivity index (χ4v) is 2.19. The first-order valence-corrected chi connectivity index (χ1v) is 8.92. The maximum atomic E-state index is 12.3. The minimum atomic E-state index is -1.65. The van der Waals surface area contributed by atoms with E-state index in [2.05, 4.69) is 10.6 Å². The van der Waals surface area contributed by atoms with E-state index in [9.17, 15) is 33.6 Å². The van der Waals surface area contributed by atoms with Crippen molar-refractivity contribution >= 4 is 41.5 Å². The van der Waals surface area contributed by atoms with Gasteiger partial charge in [-0.1, -0.05) is 0 Å². The van der Waals surface area contributed by atoms with Crippen LogP contribution in [-0.2, 0) is 33.6 Å². The minimum absolute atomic E-state index is 0.285. The first-order chi connectivity index (χ1) is 14.2. The van der Waals surface area contributed by atoms with Crippen LogP contribution in [0.15, 0.2) is 0 Å². The van der Waals surface area contributed by atoms with Gasteiger partial charge in [-0.2, -0.15) is 0 Å². The van der Waals surface area contributed by atoms with Gasteiger partial charge in [0, 0.05) is 6.42 Å². The molecule has 11 N–H and O–H groups in total. The van der Waals surface area contributed by atoms with Crippen LogP contribution in [0.1, 0.15) is 32.6 Å². The van der Waals surface area contributed by atoms with Gasteiger partial charge >= 0.3 is 11.9 Å². The fraction of sp³-hybridized carbons (Fsp3) is 0.562. The lowest BCUT2D eigenvalue weighted by Gasteiger charge is -2.22. The third-order valence-electron chi connectivity index (χ3n) is 3.82. The first kappa shape index (κ1) is 27.2. The van der Waals surface area contributed by atoms with Gasteiger partial charge in [-0.05, 0) is 13.3 Å². The molecule has 4 unspecified atom stereocenters. The van der Waals surface area contributed by atoms with E-state index in [4.69, 9.17) is 27.4 Å². The Morgan fingerprint density at radius 2 is 1.32 bits per heavy atom. The molecule has 15 heteroatoms. The Kier molecular flexibility index (Phi) is 11.2. The average Bonchev–Trinajstić information content (AvgIpc) is 2.62. The molecule has 15 nitrogen and oxygen atoms in total. The lowest BCUT2D eigenvalue weighted by Crippen LogP contribution is -2.57. The Labute approximate surface area is 176 Å². The van der Waals surface area contributed by atoms with Gasteiger partial charge in [-0.25, -0.2) is 4.79 Å². The van der Waals surface area contributed by atoms with Gasteiger partial charge in [-0.3, -0.25) is 28.8 Å². The normalized spacial score (nSPS) is 14.3. The van der Waals surface area contributed by atoms with Crippen LogP contribution < -0.4 is 33.2 Å². The van der Waals surface area contributed by atoms with E-state index in [1.807, 2.05) is 5.32 Å². The molecule has 0 saturated heterocycles. The van der Waals surface area contributed by atoms with Crippen molar-refractivity contribution in [3.63, 3.8) is 0 Å². The van der Waals surface area contributed by atoms with Crippen LogP contribution in [0.5, 0.6) is 0 Å². The number of nitrogens with one attached hydrogen (secondary N) is 3. The zero-order valence-corrected chi connectivity index (χ0v) is 16.6. The number of aliphatic carboxylic acids is 2. The van der Waals surface area contributed by atoms with Gasteiger partial charge in [-0.15, -0.1) is 0 Å². The molecule has 5 amide bonds. The number of nitrogens with two attached hydrogens (primary N) is 3. The van der Waals surface area contributed by atoms with Gasteiger partial charge in [0.1, 0.15) is 18.1 Å². The summed E-state index contributed by atoms with van der Waals surface area (Å²) in [4.78, 5) is 80.2. The summed E-state index contributed by atoms with van der Waals surface area (Å²) in [5.74, 6) is -7.61. The number of primary amides is 2. The molecule has 0 aromatic carbocycles. The van der Waals surface area contributed by atoms with E-state index in [1.54, 1.807) is 0 Å². The van der Waals surface area contributed by atoms with Crippen LogP contribution in [0, 0.1) is 0 Å². The summed E-state index contributed by atoms with van der Waals surface area (Å²) in [6.45, 7) is 1.18. The summed E-state index contributed by atoms with van der Waals surface area (Å²) in [6.07, 6.45) is -2.01. The number of carboxylic acid groups (broad SMARTS) is 2. The van der Waals surface area contributed by atoms with Gasteiger partial charge in [0.05, 0.1) is 18.9 Å². The molecule has 0 aliphatic heterocycles. The van der Waals surface area contributed by atoms with Crippen LogP contribution in [0.2, 0.25) is 0 Å². The van der Waals surface area contributed by atoms with Crippen LogP contribution in [0.4, 0.5) is 0 Å². The Hall–Kier alpha value is -3.75. The highest BCUT2D eigenvalue weighted by Crippen LogP contribution is 2.00. The third-order valence-corrected chi connectivity index (χ3v) is 3.82. The molecule has 0 aromatic rings. The molecule has 0 saturated carbocycles. The number of hydrogen-bond donors (Lipinski definition) is 8. The van der Waals surface area contributed by atoms with Gasteiger partial charge in [0.25, 0.3) is 0 Å². The standard InChI is InChI=1S/C16H26N6O9/c1-6(13(27)21-8(16(30)31)2-3-10(18)23)20-15(29)9(5-12(25)26)22-14(28)7(17)4-11(19)24/h6-9H,2-5,17H2,1H3,(H2,18,23)(H2,19,24)(H,20,29)(H,21,27)(H,22,28)(H,25,26)(H,30,31). The predicted molar refractivity (Wildman–Crippen MR) is 102 cm³/mol. The monoisotopic (exact) mass is 446 g/mol. The van der Waals surface area contributed by atoms with Crippen molar-refractivity contribution in [3.8, 4) is 0 Å². The summed E-state index contributed by atoms with van der Waals surface area (Å²) in [6, 6.07) is -5.87. The molecular formula is C16H26N6O9. The van der Waals surface area contributed by atoms with E-state index >= 15 is 0 Å². The number of carboxylic acids is 2. The second kappa shape index (κ2) is 12.7. The summed E-state index contributed by atoms with van der Waals surface area (Å²) < 4.78 is 0. The summed E-state index contributed by atoms with van der Waals surface area (Å²) in [7, 11) is 0. The molecule has 0 aliphatic rings. The first-order valence-electron chi connectivity index (χ1n) is 8.92. The Balaban J connectivity index is 5.09. The zero-order valence-electron chi connectivity index (χ0n) is 16.6. The Morgan fingerprint density at radius 3 is 1.77 bits per heavy atom. The molecule has 0 aromatic heterocycles. The van der Waals surface area contributed by atoms with Crippen molar-refractivity contribution in [1.29, 1.82) is 0 Å². The number of rotatable bonds is 14. The number of hydrogen-bond acceptors (Lipinski definition) is 8. The number of carbonyl (C=O) groups excluding carboxylic acids is 5. The predicted octanol–water partition coefficient (Wildman–Crippen LogP) is -4.51. The smallest absolute Gasteiger partial charge is 0.326 e. The van der Waals surface area contributed by atoms with E-state index in [-0.39, 0.29) is 12.8 Å². The molecule has 0 fully saturated rings. The fourth-order valence-electron chi connectivity index (χ4n) is 2.19. The molecule has 31 heavy (non-hydrogen) atoms. The topological polar surface area (TPSA) is 274 Å². The molecule has 0 bridgehead atoms. The van der Waals surface area contributed by atoms with E-state index in [1.165, 1.54) is 6.92 Å². The second-order valence-electron chi connectivity index (χ2n) is 6.57. The van der Waals surface area contributed by atoms with Crippen molar-refractivity contribution in [1.82, 2.24) is 16.0 Å². The van der Waals surface area contributed by atoms with Crippen LogP contribution >= 0.6 is 0 Å². The molecule has 0 spiro atoms. The third kappa shape index (κ3) is 11.1.